The van der Waals surface area contributed by atoms with E-state index in [-0.39, 0.29) is 10.6 Å². The zero-order valence-electron chi connectivity index (χ0n) is 7.73. The van der Waals surface area contributed by atoms with E-state index in [1.54, 1.807) is 6.92 Å². The summed E-state index contributed by atoms with van der Waals surface area (Å²) in [5.74, 6) is -0.968. The highest BCUT2D eigenvalue weighted by Gasteiger charge is 1.97. The van der Waals surface area contributed by atoms with Crippen molar-refractivity contribution in [1.29, 1.82) is 0 Å². The molecular weight excluding hydrogens is 276 g/mol. The molecule has 14 heavy (non-hydrogen) atoms. The van der Waals surface area contributed by atoms with Crippen molar-refractivity contribution in [3.8, 4) is 0 Å². The number of carboxylic acids is 1. The van der Waals surface area contributed by atoms with Crippen LogP contribution in [-0.4, -0.2) is 35.5 Å². The molecule has 82 valence electrons. The van der Waals surface area contributed by atoms with Crippen LogP contribution in [0.3, 0.4) is 0 Å². The Labute approximate surface area is 91.8 Å². The van der Waals surface area contributed by atoms with E-state index in [2.05, 4.69) is 15.9 Å². The zero-order chi connectivity index (χ0) is 11.7. The van der Waals surface area contributed by atoms with Gasteiger partial charge in [0.05, 0.1) is 11.2 Å². The van der Waals surface area contributed by atoms with E-state index in [0.29, 0.717) is 5.37 Å². The molecule has 0 saturated carbocycles. The molecule has 0 fully saturated rings. The fourth-order valence-corrected chi connectivity index (χ4v) is 0.418. The van der Waals surface area contributed by atoms with Crippen LogP contribution in [0.25, 0.3) is 0 Å². The van der Waals surface area contributed by atoms with Gasteiger partial charge < -0.3 is 5.11 Å². The number of alkyl halides is 1. The van der Waals surface area contributed by atoms with Crippen LogP contribution >= 0.6 is 15.9 Å². The molecule has 0 spiro atoms. The van der Waals surface area contributed by atoms with Crippen LogP contribution in [0.5, 0.6) is 0 Å². The third kappa shape index (κ3) is 17.4. The minimum Gasteiger partial charge on any atom is -0.481 e. The normalized spacial score (nSPS) is 10.5. The molecule has 1 N–H and O–H groups in total. The minimum atomic E-state index is -2.34. The number of carbonyl (C=O) groups excluding carboxylic acids is 1. The van der Waals surface area contributed by atoms with Crippen LogP contribution in [0.15, 0.2) is 0 Å². The van der Waals surface area contributed by atoms with Crippen molar-refractivity contribution in [3.05, 3.63) is 0 Å². The third-order valence-corrected chi connectivity index (χ3v) is 2.04. The highest BCUT2D eigenvalue weighted by molar-refractivity contribution is 9.10. The van der Waals surface area contributed by atoms with E-state index in [4.69, 9.17) is 5.11 Å². The van der Waals surface area contributed by atoms with Gasteiger partial charge in [0.1, 0.15) is 5.78 Å². The van der Waals surface area contributed by atoms with E-state index >= 15 is 0 Å². The van der Waals surface area contributed by atoms with Gasteiger partial charge in [-0.3, -0.25) is 9.59 Å². The Morgan fingerprint density at radius 1 is 1.50 bits per heavy atom. The van der Waals surface area contributed by atoms with Crippen LogP contribution in [0.4, 0.5) is 0 Å². The average molecular weight is 287 g/mol. The van der Waals surface area contributed by atoms with E-state index in [1.807, 2.05) is 6.92 Å². The molecule has 0 aromatic carbocycles. The molecule has 0 aliphatic heterocycles. The summed E-state index contributed by atoms with van der Waals surface area (Å²) in [6.07, 6.45) is -0.434. The molecule has 0 saturated heterocycles. The van der Waals surface area contributed by atoms with Crippen molar-refractivity contribution in [1.82, 2.24) is 0 Å². The van der Waals surface area contributed by atoms with Gasteiger partial charge in [-0.15, -0.1) is 0 Å². The molecule has 0 bridgehead atoms. The molecule has 1 atom stereocenters. The SMILES string of the molecule is CC(=O)C(C)Br.O=C(O)CC=S(=O)=O. The molecule has 0 amide bonds. The summed E-state index contributed by atoms with van der Waals surface area (Å²) in [4.78, 5) is 19.7. The Morgan fingerprint density at radius 3 is 1.93 bits per heavy atom. The quantitative estimate of drug-likeness (QED) is 0.603. The number of rotatable bonds is 3. The maximum atomic E-state index is 10.1. The van der Waals surface area contributed by atoms with Gasteiger partial charge in [0.15, 0.2) is 0 Å². The molecule has 0 aliphatic rings. The molecule has 0 radical (unpaired) electrons. The van der Waals surface area contributed by atoms with Gasteiger partial charge >= 0.3 is 5.97 Å². The Hall–Kier alpha value is -0.690. The van der Waals surface area contributed by atoms with Crippen molar-refractivity contribution in [2.75, 3.05) is 0 Å². The van der Waals surface area contributed by atoms with Gasteiger partial charge in [0, 0.05) is 5.37 Å². The summed E-state index contributed by atoms with van der Waals surface area (Å²) >= 11 is 3.09. The lowest BCUT2D eigenvalue weighted by Crippen LogP contribution is -2.01. The maximum absolute atomic E-state index is 10.1. The van der Waals surface area contributed by atoms with Crippen LogP contribution in [0.2, 0.25) is 0 Å². The third-order valence-electron chi connectivity index (χ3n) is 0.954. The van der Waals surface area contributed by atoms with E-state index < -0.39 is 22.7 Å². The van der Waals surface area contributed by atoms with Gasteiger partial charge in [0.25, 0.3) is 0 Å². The number of ketones is 1. The Kier molecular flexibility index (Phi) is 10.0. The smallest absolute Gasteiger partial charge is 0.308 e. The fourth-order valence-electron chi connectivity index (χ4n) is 0.139. The van der Waals surface area contributed by atoms with E-state index in [0.717, 1.165) is 0 Å². The Balaban J connectivity index is 0. The summed E-state index contributed by atoms with van der Waals surface area (Å²) in [5.41, 5.74) is 0. The van der Waals surface area contributed by atoms with Crippen molar-refractivity contribution in [2.24, 2.45) is 0 Å². The second kappa shape index (κ2) is 8.89. The van der Waals surface area contributed by atoms with Crippen LogP contribution in [0, 0.1) is 0 Å². The summed E-state index contributed by atoms with van der Waals surface area (Å²) in [6, 6.07) is 0. The number of Topliss-reactive ketones (excluding diaryl/α,β-unsaturated/α-hetero) is 1. The lowest BCUT2D eigenvalue weighted by molar-refractivity contribution is -0.135. The van der Waals surface area contributed by atoms with Crippen molar-refractivity contribution in [3.63, 3.8) is 0 Å². The standard InChI is InChI=1S/C4H7BrO.C3H4O4S/c1-3(5)4(2)6;4-3(5)1-2-8(6)7/h3H,1-2H3;2H,1H2,(H,4,5). The first-order valence-electron chi connectivity index (χ1n) is 3.55. The van der Waals surface area contributed by atoms with Crippen LogP contribution in [0.1, 0.15) is 20.3 Å². The monoisotopic (exact) mass is 286 g/mol. The van der Waals surface area contributed by atoms with Gasteiger partial charge in [-0.25, -0.2) is 0 Å². The highest BCUT2D eigenvalue weighted by atomic mass is 79.9. The van der Waals surface area contributed by atoms with Crippen LogP contribution in [-0.2, 0) is 19.9 Å². The first-order valence-corrected chi connectivity index (χ1v) is 5.60. The van der Waals surface area contributed by atoms with Gasteiger partial charge in [0.2, 0.25) is 10.3 Å². The molecule has 0 aliphatic carbocycles. The topological polar surface area (TPSA) is 88.5 Å². The minimum absolute atomic E-state index is 0.0255. The van der Waals surface area contributed by atoms with Gasteiger partial charge in [-0.2, -0.15) is 8.42 Å². The number of halogens is 1. The number of aliphatic carboxylic acids is 1. The fraction of sp³-hybridized carbons (Fsp3) is 0.571. The maximum Gasteiger partial charge on any atom is 0.308 e. The first-order chi connectivity index (χ1) is 6.27. The largest absolute Gasteiger partial charge is 0.481 e. The molecule has 0 aromatic rings. The lowest BCUT2D eigenvalue weighted by Gasteiger charge is -1.88. The summed E-state index contributed by atoms with van der Waals surface area (Å²) in [5, 5.41) is 8.54. The number of carbonyl (C=O) groups is 2. The second-order valence-electron chi connectivity index (χ2n) is 2.25. The Bertz CT molecular complexity index is 309. The molecule has 0 heterocycles. The van der Waals surface area contributed by atoms with E-state index in [1.165, 1.54) is 0 Å². The summed E-state index contributed by atoms with van der Waals surface area (Å²) < 4.78 is 19.2. The number of hydrogen-bond donors (Lipinski definition) is 1. The summed E-state index contributed by atoms with van der Waals surface area (Å²) in [6.45, 7) is 3.36. The van der Waals surface area contributed by atoms with Crippen molar-refractivity contribution in [2.45, 2.75) is 25.1 Å². The van der Waals surface area contributed by atoms with E-state index in [9.17, 15) is 18.0 Å². The second-order valence-corrected chi connectivity index (χ2v) is 4.48. The van der Waals surface area contributed by atoms with Crippen LogP contribution < -0.4 is 0 Å². The molecular formula is C7H11BrO5S. The summed E-state index contributed by atoms with van der Waals surface area (Å²) in [7, 11) is -2.34. The molecule has 1 unspecified atom stereocenters. The predicted octanol–water partition coefficient (Wildman–Crippen LogP) is 0.501. The highest BCUT2D eigenvalue weighted by Crippen LogP contribution is 1.95. The van der Waals surface area contributed by atoms with Gasteiger partial charge in [-0.1, -0.05) is 15.9 Å². The van der Waals surface area contributed by atoms with Crippen molar-refractivity contribution >= 4 is 43.3 Å². The molecule has 5 nitrogen and oxygen atoms in total. The molecule has 0 rings (SSSR count). The average Bonchev–Trinajstić information content (AvgIpc) is 2.01. The number of hydrogen-bond acceptors (Lipinski definition) is 4. The molecule has 7 heteroatoms. The van der Waals surface area contributed by atoms with Gasteiger partial charge in [-0.05, 0) is 13.8 Å². The molecule has 0 aromatic heterocycles. The number of carboxylic acid groups (broad SMARTS) is 1. The Morgan fingerprint density at radius 2 is 1.86 bits per heavy atom. The first kappa shape index (κ1) is 15.8. The lowest BCUT2D eigenvalue weighted by atomic mass is 10.4. The zero-order valence-corrected chi connectivity index (χ0v) is 10.1. The van der Waals surface area contributed by atoms with Crippen molar-refractivity contribution < 1.29 is 23.1 Å². The predicted molar refractivity (Wildman–Crippen MR) is 56.3 cm³/mol.